The van der Waals surface area contributed by atoms with E-state index in [1.54, 1.807) is 30.3 Å². The highest BCUT2D eigenvalue weighted by atomic mass is 79.9. The van der Waals surface area contributed by atoms with Gasteiger partial charge in [-0.2, -0.15) is 15.5 Å². The fourth-order valence-corrected chi connectivity index (χ4v) is 3.63. The number of anilines is 4. The fourth-order valence-electron chi connectivity index (χ4n) is 2.62. The number of aryl methyl sites for hydroxylation is 2. The molecule has 0 unspecified atom stereocenters. The number of halogens is 2. The van der Waals surface area contributed by atoms with Gasteiger partial charge in [-0.25, -0.2) is 4.68 Å². The smallest absolute Gasteiger partial charge is 0.309 e. The van der Waals surface area contributed by atoms with Crippen LogP contribution >= 0.6 is 27.5 Å². The van der Waals surface area contributed by atoms with Gasteiger partial charge >= 0.3 is 5.56 Å². The average Bonchev–Trinajstić information content (AvgIpc) is 2.73. The summed E-state index contributed by atoms with van der Waals surface area (Å²) in [5.41, 5.74) is 2.17. The molecule has 0 radical (unpaired) electrons. The Morgan fingerprint density at radius 1 is 1.20 bits per heavy atom. The van der Waals surface area contributed by atoms with Gasteiger partial charge in [0, 0.05) is 23.6 Å². The average molecular weight is 485 g/mol. The molecule has 0 aliphatic rings. The molecule has 0 amide bonds. The topological polar surface area (TPSA) is 119 Å². The van der Waals surface area contributed by atoms with Crippen molar-refractivity contribution in [2.24, 2.45) is 7.05 Å². The Morgan fingerprint density at radius 3 is 2.57 bits per heavy atom. The molecule has 0 aliphatic heterocycles. The molecular weight excluding hydrogens is 470 g/mol. The van der Waals surface area contributed by atoms with Gasteiger partial charge in [0.2, 0.25) is 11.8 Å². The van der Waals surface area contributed by atoms with Crippen molar-refractivity contribution in [3.05, 3.63) is 67.4 Å². The minimum Gasteiger partial charge on any atom is -0.335 e. The zero-order valence-electron chi connectivity index (χ0n) is 15.8. The number of hydrogen-bond donors (Lipinski definition) is 2. The summed E-state index contributed by atoms with van der Waals surface area (Å²) in [5.74, 6) is 0.234. The van der Waals surface area contributed by atoms with Crippen LogP contribution in [0.2, 0.25) is 5.02 Å². The lowest BCUT2D eigenvalue weighted by atomic mass is 10.1. The van der Waals surface area contributed by atoms with Crippen LogP contribution in [0.5, 0.6) is 0 Å². The van der Waals surface area contributed by atoms with Crippen LogP contribution in [0.15, 0.2) is 45.7 Å². The molecular formula is C20H15BrClN7O. The number of hydrogen-bond acceptors (Lipinski definition) is 7. The third kappa shape index (κ3) is 4.95. The van der Waals surface area contributed by atoms with E-state index >= 15 is 0 Å². The Balaban J connectivity index is 1.89. The van der Waals surface area contributed by atoms with Crippen molar-refractivity contribution in [1.29, 1.82) is 10.5 Å². The van der Waals surface area contributed by atoms with Crippen molar-refractivity contribution in [3.63, 3.8) is 0 Å². The summed E-state index contributed by atoms with van der Waals surface area (Å²) < 4.78 is 1.84. The summed E-state index contributed by atoms with van der Waals surface area (Å²) in [4.78, 5) is 16.7. The highest BCUT2D eigenvalue weighted by molar-refractivity contribution is 9.10. The van der Waals surface area contributed by atoms with Crippen LogP contribution in [0.25, 0.3) is 0 Å². The van der Waals surface area contributed by atoms with E-state index in [4.69, 9.17) is 22.1 Å². The number of nitrogens with one attached hydrogen (secondary N) is 2. The first-order valence-electron chi connectivity index (χ1n) is 8.75. The van der Waals surface area contributed by atoms with Crippen LogP contribution in [-0.4, -0.2) is 14.8 Å². The van der Waals surface area contributed by atoms with Crippen molar-refractivity contribution in [3.8, 4) is 12.1 Å². The van der Waals surface area contributed by atoms with Crippen LogP contribution < -0.4 is 16.2 Å². The molecule has 0 saturated heterocycles. The molecule has 2 N–H and O–H groups in total. The van der Waals surface area contributed by atoms with Gasteiger partial charge in [0.25, 0.3) is 0 Å². The van der Waals surface area contributed by atoms with Gasteiger partial charge < -0.3 is 10.6 Å². The molecule has 150 valence electrons. The summed E-state index contributed by atoms with van der Waals surface area (Å²) in [6.45, 7) is 0. The summed E-state index contributed by atoms with van der Waals surface area (Å²) in [5, 5.41) is 28.2. The summed E-state index contributed by atoms with van der Waals surface area (Å²) in [6, 6.07) is 14.4. The zero-order chi connectivity index (χ0) is 21.7. The van der Waals surface area contributed by atoms with Gasteiger partial charge in [0.05, 0.1) is 28.4 Å². The van der Waals surface area contributed by atoms with Gasteiger partial charge in [0.1, 0.15) is 0 Å². The van der Waals surface area contributed by atoms with E-state index in [1.165, 1.54) is 7.05 Å². The fraction of sp³-hybridized carbons (Fsp3) is 0.150. The maximum absolute atomic E-state index is 12.4. The standard InChI is InChI=1S/C20H15BrClN7O/c1-29-19(30)18(25-14-6-4-12(11-24)5-7-14)27-20(28-29)26-17-15(21)9-13(3-2-8-23)10-16(17)22/h4-7,9-10H,2-3H2,1H3,(H2,25,26,27,28). The predicted molar refractivity (Wildman–Crippen MR) is 118 cm³/mol. The zero-order valence-corrected chi connectivity index (χ0v) is 18.1. The SMILES string of the molecule is Cn1nc(Nc2c(Cl)cc(CCC#N)cc2Br)nc(Nc2ccc(C#N)cc2)c1=O. The first-order chi connectivity index (χ1) is 14.4. The van der Waals surface area contributed by atoms with Gasteiger partial charge in [0.15, 0.2) is 0 Å². The van der Waals surface area contributed by atoms with Crippen LogP contribution in [0.3, 0.4) is 0 Å². The van der Waals surface area contributed by atoms with Gasteiger partial charge in [-0.3, -0.25) is 4.79 Å². The highest BCUT2D eigenvalue weighted by Gasteiger charge is 2.13. The molecule has 0 bridgehead atoms. The number of nitriles is 2. The molecule has 30 heavy (non-hydrogen) atoms. The third-order valence-corrected chi connectivity index (χ3v) is 5.02. The Morgan fingerprint density at radius 2 is 1.93 bits per heavy atom. The Bertz CT molecular complexity index is 1200. The lowest BCUT2D eigenvalue weighted by Crippen LogP contribution is -2.25. The van der Waals surface area contributed by atoms with Crippen LogP contribution in [0, 0.1) is 22.7 Å². The predicted octanol–water partition coefficient (Wildman–Crippen LogP) is 4.41. The molecule has 0 atom stereocenters. The summed E-state index contributed by atoms with van der Waals surface area (Å²) >= 11 is 9.86. The van der Waals surface area contributed by atoms with E-state index in [1.807, 2.05) is 12.1 Å². The second-order valence-electron chi connectivity index (χ2n) is 6.24. The van der Waals surface area contributed by atoms with Crippen LogP contribution in [-0.2, 0) is 13.5 Å². The molecule has 0 spiro atoms. The second-order valence-corrected chi connectivity index (χ2v) is 7.51. The minimum atomic E-state index is -0.415. The molecule has 10 heteroatoms. The molecule has 3 aromatic rings. The summed E-state index contributed by atoms with van der Waals surface area (Å²) in [6.07, 6.45) is 0.980. The largest absolute Gasteiger partial charge is 0.335 e. The maximum Gasteiger partial charge on any atom is 0.309 e. The van der Waals surface area contributed by atoms with Gasteiger partial charge in [-0.05, 0) is 64.3 Å². The first-order valence-corrected chi connectivity index (χ1v) is 9.93. The second kappa shape index (κ2) is 9.40. The van der Waals surface area contributed by atoms with Gasteiger partial charge in [-0.1, -0.05) is 11.6 Å². The monoisotopic (exact) mass is 483 g/mol. The highest BCUT2D eigenvalue weighted by Crippen LogP contribution is 2.34. The number of benzene rings is 2. The van der Waals surface area contributed by atoms with Crippen molar-refractivity contribution in [2.45, 2.75) is 12.8 Å². The van der Waals surface area contributed by atoms with Crippen molar-refractivity contribution < 1.29 is 0 Å². The van der Waals surface area contributed by atoms with E-state index in [9.17, 15) is 4.79 Å². The van der Waals surface area contributed by atoms with Crippen molar-refractivity contribution >= 4 is 50.7 Å². The Labute approximate surface area is 185 Å². The van der Waals surface area contributed by atoms with E-state index in [0.717, 1.165) is 10.2 Å². The third-order valence-electron chi connectivity index (χ3n) is 4.10. The number of rotatable bonds is 6. The first kappa shape index (κ1) is 21.3. The van der Waals surface area contributed by atoms with E-state index in [0.29, 0.717) is 39.3 Å². The number of aromatic nitrogens is 3. The molecule has 0 aliphatic carbocycles. The quantitative estimate of drug-likeness (QED) is 0.532. The molecule has 1 heterocycles. The minimum absolute atomic E-state index is 0.0672. The van der Waals surface area contributed by atoms with Gasteiger partial charge in [-0.15, -0.1) is 5.10 Å². The van der Waals surface area contributed by atoms with Crippen molar-refractivity contribution in [1.82, 2.24) is 14.8 Å². The molecule has 1 aromatic heterocycles. The molecule has 8 nitrogen and oxygen atoms in total. The molecule has 0 fully saturated rings. The normalized spacial score (nSPS) is 10.2. The lowest BCUT2D eigenvalue weighted by molar-refractivity contribution is 0.699. The van der Waals surface area contributed by atoms with E-state index < -0.39 is 5.56 Å². The molecule has 2 aromatic carbocycles. The molecule has 0 saturated carbocycles. The van der Waals surface area contributed by atoms with Crippen LogP contribution in [0.1, 0.15) is 17.5 Å². The van der Waals surface area contributed by atoms with Crippen molar-refractivity contribution in [2.75, 3.05) is 10.6 Å². The van der Waals surface area contributed by atoms with Crippen LogP contribution in [0.4, 0.5) is 23.1 Å². The Kier molecular flexibility index (Phi) is 6.68. The summed E-state index contributed by atoms with van der Waals surface area (Å²) in [7, 11) is 1.51. The number of nitrogens with zero attached hydrogens (tertiary/aromatic N) is 5. The maximum atomic E-state index is 12.4. The van der Waals surface area contributed by atoms with E-state index in [-0.39, 0.29) is 11.8 Å². The lowest BCUT2D eigenvalue weighted by Gasteiger charge is -2.13. The molecule has 3 rings (SSSR count). The Hall–Kier alpha value is -3.40. The van der Waals surface area contributed by atoms with E-state index in [2.05, 4.69) is 42.7 Å².